The SMILES string of the molecule is Nc1nc(NCCCn2ccnc2)cc(C2CC(N)C2)n1. The minimum absolute atomic E-state index is 0.303. The molecule has 1 aliphatic carbocycles. The first-order valence-electron chi connectivity index (χ1n) is 7.30. The zero-order chi connectivity index (χ0) is 14.7. The second kappa shape index (κ2) is 6.09. The highest BCUT2D eigenvalue weighted by Gasteiger charge is 2.28. The molecule has 1 saturated carbocycles. The van der Waals surface area contributed by atoms with Crippen molar-refractivity contribution < 1.29 is 0 Å². The predicted octanol–water partition coefficient (Wildman–Crippen LogP) is 0.962. The third kappa shape index (κ3) is 3.49. The average Bonchev–Trinajstić information content (AvgIpc) is 2.93. The number of hydrogen-bond acceptors (Lipinski definition) is 6. The lowest BCUT2D eigenvalue weighted by Crippen LogP contribution is -2.35. The number of nitrogens with two attached hydrogens (primary N) is 2. The van der Waals surface area contributed by atoms with Gasteiger partial charge in [-0.1, -0.05) is 0 Å². The number of aromatic nitrogens is 4. The van der Waals surface area contributed by atoms with Crippen molar-refractivity contribution in [2.45, 2.75) is 37.8 Å². The molecule has 112 valence electrons. The second-order valence-electron chi connectivity index (χ2n) is 5.55. The Kier molecular flexibility index (Phi) is 4.01. The number of nitrogens with zero attached hydrogens (tertiary/aromatic N) is 4. The summed E-state index contributed by atoms with van der Waals surface area (Å²) in [5.74, 6) is 1.55. The first-order chi connectivity index (χ1) is 10.2. The summed E-state index contributed by atoms with van der Waals surface area (Å²) in [4.78, 5) is 12.6. The molecule has 1 aliphatic rings. The standard InChI is InChI=1S/C14H21N7/c15-11-6-10(7-11)12-8-13(20-14(16)19-12)18-2-1-4-21-5-3-17-9-21/h3,5,8-11H,1-2,4,6-7,15H2,(H3,16,18,19,20). The van der Waals surface area contributed by atoms with Crippen molar-refractivity contribution in [1.82, 2.24) is 19.5 Å². The predicted molar refractivity (Wildman–Crippen MR) is 81.7 cm³/mol. The van der Waals surface area contributed by atoms with Crippen LogP contribution in [-0.2, 0) is 6.54 Å². The quantitative estimate of drug-likeness (QED) is 0.683. The van der Waals surface area contributed by atoms with E-state index in [4.69, 9.17) is 11.5 Å². The Labute approximate surface area is 123 Å². The highest BCUT2D eigenvalue weighted by Crippen LogP contribution is 2.35. The number of nitrogens with one attached hydrogen (secondary N) is 1. The van der Waals surface area contributed by atoms with Crippen LogP contribution in [0.25, 0.3) is 0 Å². The van der Waals surface area contributed by atoms with E-state index in [1.165, 1.54) is 0 Å². The number of imidazole rings is 1. The number of rotatable bonds is 6. The summed E-state index contributed by atoms with van der Waals surface area (Å²) in [6.07, 6.45) is 8.52. The third-order valence-corrected chi connectivity index (χ3v) is 3.81. The lowest BCUT2D eigenvalue weighted by Gasteiger charge is -2.32. The number of nitrogen functional groups attached to an aromatic ring is 1. The van der Waals surface area contributed by atoms with Crippen LogP contribution in [0.4, 0.5) is 11.8 Å². The fourth-order valence-electron chi connectivity index (χ4n) is 2.59. The van der Waals surface area contributed by atoms with Gasteiger partial charge in [-0.05, 0) is 19.3 Å². The number of hydrogen-bond donors (Lipinski definition) is 3. The van der Waals surface area contributed by atoms with E-state index >= 15 is 0 Å². The van der Waals surface area contributed by atoms with E-state index in [0.717, 1.165) is 43.9 Å². The highest BCUT2D eigenvalue weighted by molar-refractivity contribution is 5.41. The van der Waals surface area contributed by atoms with Crippen LogP contribution in [0.3, 0.4) is 0 Å². The van der Waals surface area contributed by atoms with Gasteiger partial charge in [0.25, 0.3) is 0 Å². The molecule has 0 saturated heterocycles. The van der Waals surface area contributed by atoms with Crippen molar-refractivity contribution >= 4 is 11.8 Å². The lowest BCUT2D eigenvalue weighted by atomic mass is 9.78. The van der Waals surface area contributed by atoms with Crippen molar-refractivity contribution in [1.29, 1.82) is 0 Å². The Morgan fingerprint density at radius 1 is 1.33 bits per heavy atom. The van der Waals surface area contributed by atoms with Crippen molar-refractivity contribution in [2.24, 2.45) is 5.73 Å². The van der Waals surface area contributed by atoms with Crippen LogP contribution >= 0.6 is 0 Å². The van der Waals surface area contributed by atoms with E-state index in [1.807, 2.05) is 18.6 Å². The van der Waals surface area contributed by atoms with Crippen molar-refractivity contribution in [3.63, 3.8) is 0 Å². The molecular weight excluding hydrogens is 266 g/mol. The maximum atomic E-state index is 5.83. The van der Waals surface area contributed by atoms with Gasteiger partial charge in [-0.3, -0.25) is 0 Å². The van der Waals surface area contributed by atoms with Gasteiger partial charge in [-0.15, -0.1) is 0 Å². The second-order valence-corrected chi connectivity index (χ2v) is 5.55. The van der Waals surface area contributed by atoms with Gasteiger partial charge >= 0.3 is 0 Å². The largest absolute Gasteiger partial charge is 0.370 e. The van der Waals surface area contributed by atoms with Crippen LogP contribution < -0.4 is 16.8 Å². The number of aryl methyl sites for hydroxylation is 1. The van der Waals surface area contributed by atoms with Crippen LogP contribution in [0.5, 0.6) is 0 Å². The molecule has 0 amide bonds. The summed E-state index contributed by atoms with van der Waals surface area (Å²) in [6, 6.07) is 2.29. The van der Waals surface area contributed by atoms with Gasteiger partial charge < -0.3 is 21.4 Å². The molecule has 0 atom stereocenters. The normalized spacial score (nSPS) is 21.0. The topological polar surface area (TPSA) is 108 Å². The summed E-state index contributed by atoms with van der Waals surface area (Å²) < 4.78 is 2.05. The molecule has 5 N–H and O–H groups in total. The zero-order valence-corrected chi connectivity index (χ0v) is 11.9. The molecule has 0 spiro atoms. The van der Waals surface area contributed by atoms with Crippen molar-refractivity contribution in [3.05, 3.63) is 30.5 Å². The molecular formula is C14H21N7. The fourth-order valence-corrected chi connectivity index (χ4v) is 2.59. The van der Waals surface area contributed by atoms with Gasteiger partial charge in [0, 0.05) is 43.5 Å². The molecule has 0 bridgehead atoms. The van der Waals surface area contributed by atoms with Crippen LogP contribution in [0, 0.1) is 0 Å². The summed E-state index contributed by atoms with van der Waals surface area (Å²) >= 11 is 0. The number of anilines is 2. The van der Waals surface area contributed by atoms with E-state index in [2.05, 4.69) is 24.8 Å². The molecule has 2 aromatic heterocycles. The molecule has 2 aromatic rings. The van der Waals surface area contributed by atoms with E-state index in [0.29, 0.717) is 17.9 Å². The summed E-state index contributed by atoms with van der Waals surface area (Å²) in [7, 11) is 0. The maximum absolute atomic E-state index is 5.83. The van der Waals surface area contributed by atoms with Crippen LogP contribution in [-0.4, -0.2) is 32.1 Å². The van der Waals surface area contributed by atoms with Crippen molar-refractivity contribution in [2.75, 3.05) is 17.6 Å². The minimum atomic E-state index is 0.303. The summed E-state index contributed by atoms with van der Waals surface area (Å²) in [6.45, 7) is 1.76. The highest BCUT2D eigenvalue weighted by atomic mass is 15.1. The van der Waals surface area contributed by atoms with Gasteiger partial charge in [0.15, 0.2) is 0 Å². The van der Waals surface area contributed by atoms with Gasteiger partial charge in [0.05, 0.1) is 12.0 Å². The van der Waals surface area contributed by atoms with Gasteiger partial charge in [0.2, 0.25) is 5.95 Å². The molecule has 2 heterocycles. The van der Waals surface area contributed by atoms with Crippen LogP contribution in [0.1, 0.15) is 30.9 Å². The van der Waals surface area contributed by atoms with E-state index in [-0.39, 0.29) is 0 Å². The van der Waals surface area contributed by atoms with Gasteiger partial charge in [0.1, 0.15) is 5.82 Å². The Balaban J connectivity index is 1.52. The van der Waals surface area contributed by atoms with Gasteiger partial charge in [-0.2, -0.15) is 4.98 Å². The Morgan fingerprint density at radius 2 is 2.19 bits per heavy atom. The van der Waals surface area contributed by atoms with Gasteiger partial charge in [-0.25, -0.2) is 9.97 Å². The molecule has 1 fully saturated rings. The third-order valence-electron chi connectivity index (χ3n) is 3.81. The van der Waals surface area contributed by atoms with E-state index < -0.39 is 0 Å². The Bertz CT molecular complexity index is 575. The zero-order valence-electron chi connectivity index (χ0n) is 11.9. The monoisotopic (exact) mass is 287 g/mol. The maximum Gasteiger partial charge on any atom is 0.222 e. The minimum Gasteiger partial charge on any atom is -0.370 e. The Hall–Kier alpha value is -2.15. The van der Waals surface area contributed by atoms with E-state index in [1.54, 1.807) is 6.20 Å². The first kappa shape index (κ1) is 13.8. The smallest absolute Gasteiger partial charge is 0.222 e. The molecule has 7 nitrogen and oxygen atoms in total. The van der Waals surface area contributed by atoms with E-state index in [9.17, 15) is 0 Å². The average molecular weight is 287 g/mol. The Morgan fingerprint density at radius 3 is 2.90 bits per heavy atom. The fraction of sp³-hybridized carbons (Fsp3) is 0.500. The summed E-state index contributed by atoms with van der Waals surface area (Å²) in [5.41, 5.74) is 12.6. The molecule has 0 aromatic carbocycles. The van der Waals surface area contributed by atoms with Crippen LogP contribution in [0.2, 0.25) is 0 Å². The lowest BCUT2D eigenvalue weighted by molar-refractivity contribution is 0.345. The van der Waals surface area contributed by atoms with Crippen LogP contribution in [0.15, 0.2) is 24.8 Å². The molecule has 0 unspecified atom stereocenters. The summed E-state index contributed by atoms with van der Waals surface area (Å²) in [5, 5.41) is 3.31. The molecule has 21 heavy (non-hydrogen) atoms. The van der Waals surface area contributed by atoms with Crippen molar-refractivity contribution in [3.8, 4) is 0 Å². The molecule has 3 rings (SSSR count). The molecule has 7 heteroatoms. The first-order valence-corrected chi connectivity index (χ1v) is 7.30. The molecule has 0 aliphatic heterocycles. The molecule has 0 radical (unpaired) electrons.